The van der Waals surface area contributed by atoms with Crippen LogP contribution in [-0.4, -0.2) is 23.2 Å². The van der Waals surface area contributed by atoms with E-state index in [9.17, 15) is 12.8 Å². The smallest absolute Gasteiger partial charge is 0.322 e. The van der Waals surface area contributed by atoms with Crippen LogP contribution in [0.4, 0.5) is 4.39 Å². The molecule has 7 nitrogen and oxygen atoms in total. The molecule has 1 N–H and O–H groups in total. The van der Waals surface area contributed by atoms with Crippen molar-refractivity contribution >= 4 is 20.8 Å². The van der Waals surface area contributed by atoms with Gasteiger partial charge < -0.3 is 4.74 Å². The second-order valence-electron chi connectivity index (χ2n) is 6.99. The van der Waals surface area contributed by atoms with E-state index >= 15 is 0 Å². The minimum Gasteiger partial charge on any atom is -0.424 e. The van der Waals surface area contributed by atoms with Crippen molar-refractivity contribution in [1.82, 2.24) is 19.5 Å². The summed E-state index contributed by atoms with van der Waals surface area (Å²) >= 11 is 0. The zero-order chi connectivity index (χ0) is 22.0. The highest BCUT2D eigenvalue weighted by Crippen LogP contribution is 2.25. The topological polar surface area (TPSA) is 86.1 Å². The van der Waals surface area contributed by atoms with Crippen LogP contribution in [0.25, 0.3) is 10.8 Å². The summed E-state index contributed by atoms with van der Waals surface area (Å²) in [6, 6.07) is 17.6. The van der Waals surface area contributed by atoms with Gasteiger partial charge >= 0.3 is 6.01 Å². The molecule has 0 spiro atoms. The van der Waals surface area contributed by atoms with Crippen LogP contribution in [-0.2, 0) is 16.6 Å². The third-order valence-electron chi connectivity index (χ3n) is 4.83. The number of hydrogen-bond donors (Lipinski definition) is 1. The molecule has 0 fully saturated rings. The second kappa shape index (κ2) is 8.44. The fourth-order valence-electron chi connectivity index (χ4n) is 3.29. The molecular weight excluding hydrogens is 419 g/mol. The van der Waals surface area contributed by atoms with E-state index in [2.05, 4.69) is 14.9 Å². The van der Waals surface area contributed by atoms with E-state index in [0.29, 0.717) is 18.1 Å². The van der Waals surface area contributed by atoms with E-state index in [1.807, 2.05) is 31.2 Å². The lowest BCUT2D eigenvalue weighted by molar-refractivity contribution is 0.407. The van der Waals surface area contributed by atoms with Crippen molar-refractivity contribution in [3.8, 4) is 11.8 Å². The molecule has 0 unspecified atom stereocenters. The van der Waals surface area contributed by atoms with Gasteiger partial charge in [0.15, 0.2) is 5.82 Å². The number of aromatic nitrogens is 3. The Hall–Kier alpha value is -3.30. The Kier molecular flexibility index (Phi) is 5.71. The van der Waals surface area contributed by atoms with Crippen LogP contribution >= 0.6 is 0 Å². The van der Waals surface area contributed by atoms with Crippen LogP contribution in [0, 0.1) is 5.82 Å². The Morgan fingerprint density at radius 2 is 1.74 bits per heavy atom. The van der Waals surface area contributed by atoms with Crippen LogP contribution in [0.3, 0.4) is 0 Å². The number of hydrogen-bond acceptors (Lipinski definition) is 5. The first-order valence-electron chi connectivity index (χ1n) is 9.75. The Morgan fingerprint density at radius 3 is 2.45 bits per heavy atom. The average Bonchev–Trinajstić information content (AvgIpc) is 3.17. The van der Waals surface area contributed by atoms with E-state index in [-0.39, 0.29) is 16.7 Å². The van der Waals surface area contributed by atoms with Gasteiger partial charge in [-0.05, 0) is 61.0 Å². The van der Waals surface area contributed by atoms with Gasteiger partial charge in [-0.1, -0.05) is 35.4 Å². The minimum absolute atomic E-state index is 0.170. The number of sulfonamides is 1. The molecule has 0 aliphatic heterocycles. The molecule has 160 valence electrons. The predicted octanol–water partition coefficient (Wildman–Crippen LogP) is 4.42. The van der Waals surface area contributed by atoms with Crippen LogP contribution in [0.1, 0.15) is 25.7 Å². The van der Waals surface area contributed by atoms with E-state index in [1.54, 1.807) is 29.7 Å². The van der Waals surface area contributed by atoms with Crippen LogP contribution in [0.15, 0.2) is 71.6 Å². The van der Waals surface area contributed by atoms with E-state index in [4.69, 9.17) is 4.74 Å². The summed E-state index contributed by atoms with van der Waals surface area (Å²) in [6.45, 7) is 4.02. The Balaban J connectivity index is 1.57. The summed E-state index contributed by atoms with van der Waals surface area (Å²) in [5.41, 5.74) is 0. The number of fused-ring (bicyclic) bond motifs is 1. The van der Waals surface area contributed by atoms with Gasteiger partial charge in [0.25, 0.3) is 0 Å². The maximum absolute atomic E-state index is 13.1. The van der Waals surface area contributed by atoms with E-state index in [1.165, 1.54) is 24.3 Å². The number of rotatable bonds is 7. The van der Waals surface area contributed by atoms with Crippen molar-refractivity contribution in [2.75, 3.05) is 0 Å². The zero-order valence-corrected chi connectivity index (χ0v) is 17.8. The fourth-order valence-corrected chi connectivity index (χ4v) is 4.53. The van der Waals surface area contributed by atoms with Gasteiger partial charge in [-0.3, -0.25) is 4.57 Å². The molecule has 0 saturated carbocycles. The van der Waals surface area contributed by atoms with Crippen LogP contribution < -0.4 is 9.46 Å². The van der Waals surface area contributed by atoms with Crippen molar-refractivity contribution in [2.45, 2.75) is 31.3 Å². The molecular formula is C22H21FN4O3S. The Morgan fingerprint density at radius 1 is 1.03 bits per heavy atom. The van der Waals surface area contributed by atoms with Crippen molar-refractivity contribution < 1.29 is 17.5 Å². The highest BCUT2D eigenvalue weighted by atomic mass is 32.2. The summed E-state index contributed by atoms with van der Waals surface area (Å²) in [7, 11) is -3.79. The first-order valence-corrected chi connectivity index (χ1v) is 11.2. The summed E-state index contributed by atoms with van der Waals surface area (Å²) in [6.07, 6.45) is 0. The summed E-state index contributed by atoms with van der Waals surface area (Å²) in [4.78, 5) is 0.170. The van der Waals surface area contributed by atoms with E-state index in [0.717, 1.165) is 10.8 Å². The molecule has 1 aromatic heterocycles. The number of nitrogens with zero attached hydrogens (tertiary/aromatic N) is 3. The highest BCUT2D eigenvalue weighted by molar-refractivity contribution is 7.89. The summed E-state index contributed by atoms with van der Waals surface area (Å²) < 4.78 is 49.0. The lowest BCUT2D eigenvalue weighted by Gasteiger charge is -2.15. The standard InChI is InChI=1S/C22H21FN4O3S/c1-3-27-21(24-25-22(27)30-19-11-9-18(23)10-12-19)15(2)26-31(28,29)20-13-8-16-6-4-5-7-17(16)14-20/h4-15,26H,3H2,1-2H3/t15-/m1/s1. The lowest BCUT2D eigenvalue weighted by Crippen LogP contribution is -2.29. The molecule has 31 heavy (non-hydrogen) atoms. The average molecular weight is 441 g/mol. The number of halogens is 1. The van der Waals surface area contributed by atoms with Gasteiger partial charge in [-0.15, -0.1) is 5.10 Å². The molecule has 4 rings (SSSR count). The SMILES string of the molecule is CCn1c(Oc2ccc(F)cc2)nnc1[C@@H](C)NS(=O)(=O)c1ccc2ccccc2c1. The molecule has 0 bridgehead atoms. The molecule has 0 aliphatic carbocycles. The number of ether oxygens (including phenoxy) is 1. The lowest BCUT2D eigenvalue weighted by atomic mass is 10.1. The zero-order valence-electron chi connectivity index (χ0n) is 17.0. The Bertz CT molecular complexity index is 1320. The number of benzene rings is 3. The van der Waals surface area contributed by atoms with Crippen LogP contribution in [0.2, 0.25) is 0 Å². The summed E-state index contributed by atoms with van der Waals surface area (Å²) in [5.74, 6) is 0.435. The quantitative estimate of drug-likeness (QED) is 0.460. The fraction of sp³-hybridized carbons (Fsp3) is 0.182. The highest BCUT2D eigenvalue weighted by Gasteiger charge is 2.24. The molecule has 9 heteroatoms. The molecule has 0 saturated heterocycles. The van der Waals surface area contributed by atoms with Gasteiger partial charge in [0.05, 0.1) is 10.9 Å². The molecule has 4 aromatic rings. The van der Waals surface area contributed by atoms with E-state index < -0.39 is 16.1 Å². The summed E-state index contributed by atoms with van der Waals surface area (Å²) in [5, 5.41) is 9.95. The van der Waals surface area contributed by atoms with Gasteiger partial charge in [-0.25, -0.2) is 17.5 Å². The monoisotopic (exact) mass is 440 g/mol. The normalized spacial score (nSPS) is 12.7. The van der Waals surface area contributed by atoms with Gasteiger partial charge in [0.2, 0.25) is 10.0 Å². The first-order chi connectivity index (χ1) is 14.9. The maximum Gasteiger partial charge on any atom is 0.322 e. The third-order valence-corrected chi connectivity index (χ3v) is 6.37. The maximum atomic E-state index is 13.1. The van der Waals surface area contributed by atoms with Gasteiger partial charge in [0.1, 0.15) is 11.6 Å². The van der Waals surface area contributed by atoms with Crippen molar-refractivity contribution in [3.05, 3.63) is 78.4 Å². The molecule has 1 atom stereocenters. The van der Waals surface area contributed by atoms with Crippen LogP contribution in [0.5, 0.6) is 11.8 Å². The van der Waals surface area contributed by atoms with Crippen molar-refractivity contribution in [2.24, 2.45) is 0 Å². The molecule has 1 heterocycles. The first kappa shape index (κ1) is 21.0. The molecule has 0 radical (unpaired) electrons. The van der Waals surface area contributed by atoms with Crippen molar-refractivity contribution in [1.29, 1.82) is 0 Å². The van der Waals surface area contributed by atoms with Gasteiger partial charge in [0, 0.05) is 6.54 Å². The predicted molar refractivity (Wildman–Crippen MR) is 115 cm³/mol. The molecule has 0 aliphatic rings. The Labute approximate surface area is 179 Å². The molecule has 0 amide bonds. The van der Waals surface area contributed by atoms with Crippen molar-refractivity contribution in [3.63, 3.8) is 0 Å². The third kappa shape index (κ3) is 4.42. The van der Waals surface area contributed by atoms with Gasteiger partial charge in [-0.2, -0.15) is 0 Å². The minimum atomic E-state index is -3.79. The number of nitrogens with one attached hydrogen (secondary N) is 1. The molecule has 3 aromatic carbocycles. The largest absolute Gasteiger partial charge is 0.424 e. The second-order valence-corrected chi connectivity index (χ2v) is 8.71.